The van der Waals surface area contributed by atoms with Crippen LogP contribution in [0.15, 0.2) is 83.5 Å². The van der Waals surface area contributed by atoms with E-state index in [1.54, 1.807) is 6.07 Å². The van der Waals surface area contributed by atoms with Gasteiger partial charge in [0.15, 0.2) is 0 Å². The van der Waals surface area contributed by atoms with Gasteiger partial charge in [-0.2, -0.15) is 0 Å². The number of carbonyl (C=O) groups excluding carboxylic acids is 1. The van der Waals surface area contributed by atoms with Crippen LogP contribution in [0.5, 0.6) is 0 Å². The predicted octanol–water partition coefficient (Wildman–Crippen LogP) is 6.60. The van der Waals surface area contributed by atoms with E-state index in [2.05, 4.69) is 45.2 Å². The second-order valence-electron chi connectivity index (χ2n) is 7.02. The molecule has 0 fully saturated rings. The molecule has 0 amide bonds. The molecule has 3 aromatic carbocycles. The van der Waals surface area contributed by atoms with Gasteiger partial charge in [-0.1, -0.05) is 58.4 Å². The van der Waals surface area contributed by atoms with E-state index in [9.17, 15) is 4.79 Å². The Labute approximate surface area is 181 Å². The molecular weight excluding hydrogens is 440 g/mol. The minimum absolute atomic E-state index is 0.357. The summed E-state index contributed by atoms with van der Waals surface area (Å²) in [6.07, 6.45) is 1.91. The lowest BCUT2D eigenvalue weighted by Crippen LogP contribution is -2.00. The van der Waals surface area contributed by atoms with Gasteiger partial charge >= 0.3 is 5.97 Å². The summed E-state index contributed by atoms with van der Waals surface area (Å²) >= 11 is 3.51. The number of nitrogens with one attached hydrogen (secondary N) is 1. The third kappa shape index (κ3) is 3.08. The summed E-state index contributed by atoms with van der Waals surface area (Å²) in [6, 6.07) is 24.0. The molecule has 0 spiro atoms. The lowest BCUT2D eigenvalue weighted by atomic mass is 9.92. The Hall–Kier alpha value is -3.44. The predicted molar refractivity (Wildman–Crippen MR) is 124 cm³/mol. The Kier molecular flexibility index (Phi) is 4.60. The molecule has 1 N–H and O–H groups in total. The summed E-state index contributed by atoms with van der Waals surface area (Å²) in [7, 11) is 1.39. The molecule has 30 heavy (non-hydrogen) atoms. The number of benzene rings is 3. The summed E-state index contributed by atoms with van der Waals surface area (Å²) in [5.74, 6) is -0.357. The zero-order chi connectivity index (χ0) is 20.7. The van der Waals surface area contributed by atoms with Crippen molar-refractivity contribution in [2.45, 2.75) is 0 Å². The first-order valence-electron chi connectivity index (χ1n) is 9.50. The number of nitrogens with zero attached hydrogens (tertiary/aromatic N) is 1. The van der Waals surface area contributed by atoms with Crippen LogP contribution in [0, 0.1) is 0 Å². The van der Waals surface area contributed by atoms with Gasteiger partial charge in [0, 0.05) is 38.1 Å². The second kappa shape index (κ2) is 7.43. The maximum atomic E-state index is 12.1. The molecule has 5 rings (SSSR count). The topological polar surface area (TPSA) is 55.0 Å². The van der Waals surface area contributed by atoms with Gasteiger partial charge < -0.3 is 9.72 Å². The van der Waals surface area contributed by atoms with E-state index < -0.39 is 0 Å². The zero-order valence-corrected chi connectivity index (χ0v) is 17.7. The highest BCUT2D eigenvalue weighted by Gasteiger charge is 2.18. The molecule has 0 aliphatic heterocycles. The number of ether oxygens (including phenoxy) is 1. The van der Waals surface area contributed by atoms with Gasteiger partial charge in [-0.25, -0.2) is 9.78 Å². The standard InChI is InChI=1S/C25H17BrN2O2/c1-30-25(29)17-9-12-21-19(13-17)23-22(16-5-3-2-4-6-16)20(14-27-24(23)28-21)15-7-10-18(26)11-8-15/h2-14H,1H3,(H,27,28). The Morgan fingerprint density at radius 3 is 2.47 bits per heavy atom. The van der Waals surface area contributed by atoms with Crippen molar-refractivity contribution in [2.75, 3.05) is 7.11 Å². The van der Waals surface area contributed by atoms with Gasteiger partial charge in [-0.3, -0.25) is 0 Å². The third-order valence-electron chi connectivity index (χ3n) is 5.26. The molecule has 5 aromatic rings. The van der Waals surface area contributed by atoms with Crippen molar-refractivity contribution in [3.63, 3.8) is 0 Å². The summed E-state index contributed by atoms with van der Waals surface area (Å²) in [4.78, 5) is 20.2. The van der Waals surface area contributed by atoms with Crippen molar-refractivity contribution in [1.29, 1.82) is 0 Å². The van der Waals surface area contributed by atoms with Gasteiger partial charge in [0.2, 0.25) is 0 Å². The second-order valence-corrected chi connectivity index (χ2v) is 7.94. The van der Waals surface area contributed by atoms with Gasteiger partial charge in [0.1, 0.15) is 5.65 Å². The highest BCUT2D eigenvalue weighted by molar-refractivity contribution is 9.10. The van der Waals surface area contributed by atoms with Crippen molar-refractivity contribution in [3.05, 3.63) is 89.0 Å². The van der Waals surface area contributed by atoms with Crippen LogP contribution in [-0.2, 0) is 4.74 Å². The van der Waals surface area contributed by atoms with Crippen molar-refractivity contribution in [3.8, 4) is 22.3 Å². The number of carbonyl (C=O) groups is 1. The van der Waals surface area contributed by atoms with E-state index in [0.717, 1.165) is 48.7 Å². The monoisotopic (exact) mass is 456 g/mol. The zero-order valence-electron chi connectivity index (χ0n) is 16.1. The van der Waals surface area contributed by atoms with Crippen LogP contribution in [0.4, 0.5) is 0 Å². The van der Waals surface area contributed by atoms with Crippen molar-refractivity contribution in [2.24, 2.45) is 0 Å². The quantitative estimate of drug-likeness (QED) is 0.311. The molecule has 0 aliphatic carbocycles. The molecular formula is C25H17BrN2O2. The van der Waals surface area contributed by atoms with Gasteiger partial charge in [0.25, 0.3) is 0 Å². The molecule has 0 bridgehead atoms. The van der Waals surface area contributed by atoms with E-state index in [0.29, 0.717) is 5.56 Å². The summed E-state index contributed by atoms with van der Waals surface area (Å²) in [5.41, 5.74) is 6.50. The van der Waals surface area contributed by atoms with Gasteiger partial charge in [0.05, 0.1) is 12.7 Å². The fourth-order valence-corrected chi connectivity index (χ4v) is 4.12. The maximum Gasteiger partial charge on any atom is 0.337 e. The number of halogens is 1. The minimum Gasteiger partial charge on any atom is -0.465 e. The van der Waals surface area contributed by atoms with E-state index in [-0.39, 0.29) is 5.97 Å². The molecule has 146 valence electrons. The number of fused-ring (bicyclic) bond motifs is 3. The molecule has 0 aliphatic rings. The van der Waals surface area contributed by atoms with Gasteiger partial charge in [-0.15, -0.1) is 0 Å². The van der Waals surface area contributed by atoms with E-state index in [1.165, 1.54) is 7.11 Å². The number of pyridine rings is 1. The highest BCUT2D eigenvalue weighted by Crippen LogP contribution is 2.40. The first-order chi connectivity index (χ1) is 14.7. The first-order valence-corrected chi connectivity index (χ1v) is 10.3. The van der Waals surface area contributed by atoms with Crippen molar-refractivity contribution in [1.82, 2.24) is 9.97 Å². The van der Waals surface area contributed by atoms with E-state index in [4.69, 9.17) is 9.72 Å². The fraction of sp³-hybridized carbons (Fsp3) is 0.0400. The maximum absolute atomic E-state index is 12.1. The molecule has 0 atom stereocenters. The Morgan fingerprint density at radius 2 is 1.73 bits per heavy atom. The lowest BCUT2D eigenvalue weighted by Gasteiger charge is -2.12. The molecule has 2 heterocycles. The number of aromatic amines is 1. The lowest BCUT2D eigenvalue weighted by molar-refractivity contribution is 0.0601. The van der Waals surface area contributed by atoms with E-state index >= 15 is 0 Å². The van der Waals surface area contributed by atoms with Crippen molar-refractivity contribution < 1.29 is 9.53 Å². The fourth-order valence-electron chi connectivity index (χ4n) is 3.85. The minimum atomic E-state index is -0.357. The summed E-state index contributed by atoms with van der Waals surface area (Å²) in [6.45, 7) is 0. The average Bonchev–Trinajstić information content (AvgIpc) is 3.17. The molecule has 2 aromatic heterocycles. The number of hydrogen-bond donors (Lipinski definition) is 1. The van der Waals surface area contributed by atoms with Crippen LogP contribution in [0.25, 0.3) is 44.2 Å². The molecule has 5 heteroatoms. The molecule has 0 saturated carbocycles. The smallest absolute Gasteiger partial charge is 0.337 e. The molecule has 4 nitrogen and oxygen atoms in total. The largest absolute Gasteiger partial charge is 0.465 e. The van der Waals surface area contributed by atoms with Crippen LogP contribution >= 0.6 is 15.9 Å². The van der Waals surface area contributed by atoms with Crippen LogP contribution in [-0.4, -0.2) is 23.0 Å². The van der Waals surface area contributed by atoms with Gasteiger partial charge in [-0.05, 0) is 41.5 Å². The Bertz CT molecular complexity index is 1390. The van der Waals surface area contributed by atoms with Crippen LogP contribution < -0.4 is 0 Å². The van der Waals surface area contributed by atoms with Crippen molar-refractivity contribution >= 4 is 43.8 Å². The van der Waals surface area contributed by atoms with Crippen LogP contribution in [0.3, 0.4) is 0 Å². The van der Waals surface area contributed by atoms with Crippen LogP contribution in [0.2, 0.25) is 0 Å². The Balaban J connectivity index is 1.90. The first kappa shape index (κ1) is 18.6. The number of aromatic nitrogens is 2. The molecule has 0 unspecified atom stereocenters. The summed E-state index contributed by atoms with van der Waals surface area (Å²) < 4.78 is 5.95. The van der Waals surface area contributed by atoms with Crippen LogP contribution in [0.1, 0.15) is 10.4 Å². The highest BCUT2D eigenvalue weighted by atomic mass is 79.9. The number of H-pyrrole nitrogens is 1. The SMILES string of the molecule is COC(=O)c1ccc2[nH]c3ncc(-c4ccc(Br)cc4)c(-c4ccccc4)c3c2c1. The third-order valence-corrected chi connectivity index (χ3v) is 5.79. The van der Waals surface area contributed by atoms with E-state index in [1.807, 2.05) is 48.7 Å². The molecule has 0 radical (unpaired) electrons. The number of rotatable bonds is 3. The number of hydrogen-bond acceptors (Lipinski definition) is 3. The average molecular weight is 457 g/mol. The summed E-state index contributed by atoms with van der Waals surface area (Å²) in [5, 5.41) is 1.93. The Morgan fingerprint density at radius 1 is 0.967 bits per heavy atom. The molecule has 0 saturated heterocycles. The number of methoxy groups -OCH3 is 1. The normalized spacial score (nSPS) is 11.1. The number of esters is 1.